The van der Waals surface area contributed by atoms with Gasteiger partial charge in [-0.3, -0.25) is 4.79 Å². The molecule has 0 aromatic heterocycles. The molecule has 0 saturated carbocycles. The first-order valence-corrected chi connectivity index (χ1v) is 6.13. The Morgan fingerprint density at radius 1 is 1.31 bits per heavy atom. The summed E-state index contributed by atoms with van der Waals surface area (Å²) in [5, 5.41) is 9.45. The summed E-state index contributed by atoms with van der Waals surface area (Å²) in [5.74, 6) is 0.376. The van der Waals surface area contributed by atoms with E-state index in [1.807, 2.05) is 13.8 Å². The molecule has 2 aliphatic heterocycles. The number of amides is 1. The van der Waals surface area contributed by atoms with Crippen molar-refractivity contribution in [3.05, 3.63) is 0 Å². The van der Waals surface area contributed by atoms with Gasteiger partial charge >= 0.3 is 0 Å². The second kappa shape index (κ2) is 4.34. The van der Waals surface area contributed by atoms with Crippen molar-refractivity contribution in [1.82, 2.24) is 4.90 Å². The molecule has 0 aromatic rings. The number of nitrogens with zero attached hydrogens (tertiary/aromatic N) is 1. The van der Waals surface area contributed by atoms with Crippen LogP contribution in [-0.2, 0) is 9.53 Å². The molecule has 0 spiro atoms. The van der Waals surface area contributed by atoms with Gasteiger partial charge in [-0.25, -0.2) is 0 Å². The van der Waals surface area contributed by atoms with Gasteiger partial charge in [-0.05, 0) is 26.2 Å². The van der Waals surface area contributed by atoms with Gasteiger partial charge in [0.2, 0.25) is 5.91 Å². The standard InChI is InChI=1S/C12H21NO3/c1-7-8(2)16-9(3)11(7)12(15)13-5-4-10(14)6-13/h7-11,14H,4-6H2,1-3H3/t7?,8?,9?,10-,11?/m0/s1. The van der Waals surface area contributed by atoms with Crippen LogP contribution in [0.3, 0.4) is 0 Å². The van der Waals surface area contributed by atoms with Gasteiger partial charge in [-0.2, -0.15) is 0 Å². The molecule has 0 bridgehead atoms. The summed E-state index contributed by atoms with van der Waals surface area (Å²) in [7, 11) is 0. The summed E-state index contributed by atoms with van der Waals surface area (Å²) < 4.78 is 5.68. The first kappa shape index (κ1) is 11.9. The molecule has 0 aliphatic carbocycles. The van der Waals surface area contributed by atoms with E-state index >= 15 is 0 Å². The minimum Gasteiger partial charge on any atom is -0.391 e. The molecule has 4 heteroatoms. The van der Waals surface area contributed by atoms with Crippen LogP contribution in [0.1, 0.15) is 27.2 Å². The van der Waals surface area contributed by atoms with E-state index in [0.717, 1.165) is 0 Å². The highest BCUT2D eigenvalue weighted by Crippen LogP contribution is 2.34. The van der Waals surface area contributed by atoms with E-state index < -0.39 is 0 Å². The number of rotatable bonds is 1. The van der Waals surface area contributed by atoms with E-state index in [9.17, 15) is 9.90 Å². The largest absolute Gasteiger partial charge is 0.391 e. The molecule has 0 aromatic carbocycles. The molecule has 2 aliphatic rings. The number of carbonyl (C=O) groups is 1. The van der Waals surface area contributed by atoms with Gasteiger partial charge in [0.05, 0.1) is 24.2 Å². The lowest BCUT2D eigenvalue weighted by molar-refractivity contribution is -0.137. The van der Waals surface area contributed by atoms with Crippen molar-refractivity contribution in [3.63, 3.8) is 0 Å². The van der Waals surface area contributed by atoms with Crippen molar-refractivity contribution in [2.45, 2.75) is 45.5 Å². The quantitative estimate of drug-likeness (QED) is 0.715. The van der Waals surface area contributed by atoms with Crippen molar-refractivity contribution < 1.29 is 14.6 Å². The third kappa shape index (κ3) is 1.96. The maximum Gasteiger partial charge on any atom is 0.228 e. The summed E-state index contributed by atoms with van der Waals surface area (Å²) in [4.78, 5) is 14.1. The highest BCUT2D eigenvalue weighted by molar-refractivity contribution is 5.80. The number of hydrogen-bond acceptors (Lipinski definition) is 3. The zero-order valence-corrected chi connectivity index (χ0v) is 10.2. The van der Waals surface area contributed by atoms with E-state index in [2.05, 4.69) is 6.92 Å². The summed E-state index contributed by atoms with van der Waals surface area (Å²) >= 11 is 0. The van der Waals surface area contributed by atoms with Crippen LogP contribution < -0.4 is 0 Å². The maximum absolute atomic E-state index is 12.3. The molecule has 4 unspecified atom stereocenters. The minimum absolute atomic E-state index is 0.00440. The van der Waals surface area contributed by atoms with E-state index in [4.69, 9.17) is 4.74 Å². The van der Waals surface area contributed by atoms with E-state index in [-0.39, 0.29) is 36.1 Å². The van der Waals surface area contributed by atoms with Crippen LogP contribution in [0.4, 0.5) is 0 Å². The molecule has 5 atom stereocenters. The van der Waals surface area contributed by atoms with Crippen LogP contribution in [-0.4, -0.2) is 47.3 Å². The van der Waals surface area contributed by atoms with Crippen LogP contribution in [0, 0.1) is 11.8 Å². The SMILES string of the molecule is CC1OC(C)C(C(=O)N2CC[C@H](O)C2)C1C. The second-order valence-electron chi connectivity index (χ2n) is 5.16. The maximum atomic E-state index is 12.3. The molecular weight excluding hydrogens is 206 g/mol. The van der Waals surface area contributed by atoms with Crippen LogP contribution in [0.15, 0.2) is 0 Å². The molecule has 2 saturated heterocycles. The number of hydrogen-bond donors (Lipinski definition) is 1. The molecule has 0 radical (unpaired) electrons. The van der Waals surface area contributed by atoms with E-state index in [1.165, 1.54) is 0 Å². The molecule has 2 fully saturated rings. The van der Waals surface area contributed by atoms with E-state index in [1.54, 1.807) is 4.90 Å². The zero-order chi connectivity index (χ0) is 11.9. The number of β-amino-alcohol motifs (C(OH)–C–C–N with tert-alkyl or cyclic N) is 1. The average Bonchev–Trinajstić information content (AvgIpc) is 2.73. The fourth-order valence-corrected chi connectivity index (χ4v) is 2.85. The lowest BCUT2D eigenvalue weighted by Crippen LogP contribution is -2.40. The normalized spacial score (nSPS) is 44.0. The molecule has 1 amide bonds. The topological polar surface area (TPSA) is 49.8 Å². The Balaban J connectivity index is 2.04. The summed E-state index contributed by atoms with van der Waals surface area (Å²) in [6, 6.07) is 0. The molecule has 2 heterocycles. The van der Waals surface area contributed by atoms with Gasteiger partial charge in [-0.15, -0.1) is 0 Å². The van der Waals surface area contributed by atoms with Gasteiger partial charge < -0.3 is 14.7 Å². The van der Waals surface area contributed by atoms with Crippen molar-refractivity contribution in [2.24, 2.45) is 11.8 Å². The molecule has 2 rings (SSSR count). The Hall–Kier alpha value is -0.610. The fraction of sp³-hybridized carbons (Fsp3) is 0.917. The van der Waals surface area contributed by atoms with Gasteiger partial charge in [0.1, 0.15) is 0 Å². The Bertz CT molecular complexity index is 281. The van der Waals surface area contributed by atoms with Crippen LogP contribution in [0.5, 0.6) is 0 Å². The van der Waals surface area contributed by atoms with Gasteiger partial charge in [0.15, 0.2) is 0 Å². The number of aliphatic hydroxyl groups is 1. The van der Waals surface area contributed by atoms with E-state index in [0.29, 0.717) is 19.5 Å². The van der Waals surface area contributed by atoms with Gasteiger partial charge in [0.25, 0.3) is 0 Å². The second-order valence-corrected chi connectivity index (χ2v) is 5.16. The third-order valence-corrected chi connectivity index (χ3v) is 4.00. The van der Waals surface area contributed by atoms with Crippen molar-refractivity contribution in [2.75, 3.05) is 13.1 Å². The number of likely N-dealkylation sites (tertiary alicyclic amines) is 1. The predicted octanol–water partition coefficient (Wildman–Crippen LogP) is 0.639. The summed E-state index contributed by atoms with van der Waals surface area (Å²) in [6.07, 6.45) is 0.512. The monoisotopic (exact) mass is 227 g/mol. The average molecular weight is 227 g/mol. The molecule has 92 valence electrons. The van der Waals surface area contributed by atoms with Gasteiger partial charge in [0, 0.05) is 13.1 Å². The summed E-state index contributed by atoms with van der Waals surface area (Å²) in [5.41, 5.74) is 0. The molecule has 16 heavy (non-hydrogen) atoms. The molecular formula is C12H21NO3. The van der Waals surface area contributed by atoms with Crippen LogP contribution in [0.2, 0.25) is 0 Å². The molecule has 1 N–H and O–H groups in total. The molecule has 4 nitrogen and oxygen atoms in total. The smallest absolute Gasteiger partial charge is 0.228 e. The third-order valence-electron chi connectivity index (χ3n) is 4.00. The highest BCUT2D eigenvalue weighted by Gasteiger charge is 2.44. The van der Waals surface area contributed by atoms with Crippen LogP contribution in [0.25, 0.3) is 0 Å². The number of carbonyl (C=O) groups excluding carboxylic acids is 1. The van der Waals surface area contributed by atoms with Crippen molar-refractivity contribution in [1.29, 1.82) is 0 Å². The Morgan fingerprint density at radius 3 is 2.44 bits per heavy atom. The first-order chi connectivity index (χ1) is 7.50. The van der Waals surface area contributed by atoms with Crippen molar-refractivity contribution in [3.8, 4) is 0 Å². The zero-order valence-electron chi connectivity index (χ0n) is 10.2. The lowest BCUT2D eigenvalue weighted by atomic mass is 9.88. The Morgan fingerprint density at radius 2 is 2.00 bits per heavy atom. The summed E-state index contributed by atoms with van der Waals surface area (Å²) in [6.45, 7) is 7.24. The predicted molar refractivity (Wildman–Crippen MR) is 59.9 cm³/mol. The first-order valence-electron chi connectivity index (χ1n) is 6.13. The number of aliphatic hydroxyl groups excluding tert-OH is 1. The number of ether oxygens (including phenoxy) is 1. The van der Waals surface area contributed by atoms with Crippen LogP contribution >= 0.6 is 0 Å². The fourth-order valence-electron chi connectivity index (χ4n) is 2.85. The van der Waals surface area contributed by atoms with Crippen molar-refractivity contribution >= 4 is 5.91 Å². The Kier molecular flexibility index (Phi) is 3.22. The minimum atomic E-state index is -0.339. The van der Waals surface area contributed by atoms with Gasteiger partial charge in [-0.1, -0.05) is 6.92 Å². The highest BCUT2D eigenvalue weighted by atomic mass is 16.5. The Labute approximate surface area is 96.6 Å². The lowest BCUT2D eigenvalue weighted by Gasteiger charge is -2.24.